The van der Waals surface area contributed by atoms with Crippen molar-refractivity contribution in [3.05, 3.63) is 28.4 Å². The van der Waals surface area contributed by atoms with Crippen molar-refractivity contribution in [3.8, 4) is 0 Å². The van der Waals surface area contributed by atoms with Gasteiger partial charge in [-0.25, -0.2) is 9.99 Å². The lowest BCUT2D eigenvalue weighted by Gasteiger charge is -2.27. The van der Waals surface area contributed by atoms with Crippen LogP contribution in [0.25, 0.3) is 0 Å². The number of nitro groups is 1. The highest BCUT2D eigenvalue weighted by molar-refractivity contribution is 5.39. The Hall–Kier alpha value is -1.73. The topological polar surface area (TPSA) is 80.5 Å². The molecule has 1 N–H and O–H groups in total. The predicted molar refractivity (Wildman–Crippen MR) is 56.9 cm³/mol. The van der Waals surface area contributed by atoms with Gasteiger partial charge in [0.25, 0.3) is 5.69 Å². The van der Waals surface area contributed by atoms with Gasteiger partial charge in [0.1, 0.15) is 12.0 Å². The van der Waals surface area contributed by atoms with Gasteiger partial charge < -0.3 is 10.2 Å². The van der Waals surface area contributed by atoms with Gasteiger partial charge in [-0.3, -0.25) is 10.1 Å². The summed E-state index contributed by atoms with van der Waals surface area (Å²) in [5.74, 6) is 0.604. The van der Waals surface area contributed by atoms with Crippen molar-refractivity contribution < 1.29 is 9.66 Å². The van der Waals surface area contributed by atoms with E-state index in [1.807, 2.05) is 5.01 Å². The number of pyridine rings is 1. The van der Waals surface area contributed by atoms with E-state index in [4.69, 9.17) is 4.74 Å². The van der Waals surface area contributed by atoms with E-state index in [0.29, 0.717) is 19.0 Å². The van der Waals surface area contributed by atoms with Crippen LogP contribution in [0.4, 0.5) is 11.5 Å². The lowest BCUT2D eigenvalue weighted by Crippen LogP contribution is -2.40. The molecular weight excluding hydrogens is 212 g/mol. The van der Waals surface area contributed by atoms with Crippen LogP contribution in [0, 0.1) is 10.1 Å². The summed E-state index contributed by atoms with van der Waals surface area (Å²) < 4.78 is 5.20. The monoisotopic (exact) mass is 224 g/mol. The molecule has 1 aromatic rings. The minimum absolute atomic E-state index is 0.00692. The lowest BCUT2D eigenvalue weighted by atomic mass is 10.4. The highest BCUT2D eigenvalue weighted by Crippen LogP contribution is 2.12. The fourth-order valence-corrected chi connectivity index (χ4v) is 1.40. The molecule has 16 heavy (non-hydrogen) atoms. The average Bonchev–Trinajstić information content (AvgIpc) is 2.31. The third kappa shape index (κ3) is 2.65. The molecular formula is C9H12N4O3. The molecule has 86 valence electrons. The number of aromatic nitrogens is 1. The van der Waals surface area contributed by atoms with Gasteiger partial charge in [0.2, 0.25) is 0 Å². The second-order valence-electron chi connectivity index (χ2n) is 3.37. The third-order valence-electron chi connectivity index (χ3n) is 2.24. The van der Waals surface area contributed by atoms with Gasteiger partial charge in [-0.2, -0.15) is 0 Å². The van der Waals surface area contributed by atoms with Crippen molar-refractivity contribution in [1.82, 2.24) is 9.99 Å². The molecule has 0 spiro atoms. The van der Waals surface area contributed by atoms with Crippen LogP contribution in [0.15, 0.2) is 18.3 Å². The number of rotatable bonds is 3. The standard InChI is InChI=1S/C9H12N4O3/c14-13(15)8-1-2-9(10-7-8)11-12-3-5-16-6-4-12/h1-2,7H,3-6H2,(H,10,11). The summed E-state index contributed by atoms with van der Waals surface area (Å²) >= 11 is 0. The number of morpholine rings is 1. The molecule has 0 bridgehead atoms. The van der Waals surface area contributed by atoms with E-state index >= 15 is 0 Å². The Balaban J connectivity index is 1.96. The number of hydrogen-bond donors (Lipinski definition) is 1. The molecule has 7 heteroatoms. The predicted octanol–water partition coefficient (Wildman–Crippen LogP) is 0.649. The largest absolute Gasteiger partial charge is 0.379 e. The molecule has 0 radical (unpaired) electrons. The van der Waals surface area contributed by atoms with E-state index in [0.717, 1.165) is 13.1 Å². The minimum atomic E-state index is -0.467. The maximum absolute atomic E-state index is 10.4. The highest BCUT2D eigenvalue weighted by Gasteiger charge is 2.11. The van der Waals surface area contributed by atoms with Crippen LogP contribution in [-0.2, 0) is 4.74 Å². The van der Waals surface area contributed by atoms with Crippen LogP contribution in [0.2, 0.25) is 0 Å². The molecule has 0 saturated carbocycles. The Bertz CT molecular complexity index is 362. The minimum Gasteiger partial charge on any atom is -0.379 e. The average molecular weight is 224 g/mol. The van der Waals surface area contributed by atoms with Gasteiger partial charge >= 0.3 is 0 Å². The molecule has 0 atom stereocenters. The maximum atomic E-state index is 10.4. The SMILES string of the molecule is O=[N+]([O-])c1ccc(NN2CCOCC2)nc1. The van der Waals surface area contributed by atoms with Gasteiger partial charge in [0, 0.05) is 19.2 Å². The molecule has 0 aromatic carbocycles. The van der Waals surface area contributed by atoms with Crippen molar-refractivity contribution in [3.63, 3.8) is 0 Å². The summed E-state index contributed by atoms with van der Waals surface area (Å²) in [6.07, 6.45) is 1.24. The Kier molecular flexibility index (Phi) is 3.28. The van der Waals surface area contributed by atoms with Gasteiger partial charge in [-0.05, 0) is 6.07 Å². The first-order chi connectivity index (χ1) is 7.75. The van der Waals surface area contributed by atoms with Crippen LogP contribution in [0.1, 0.15) is 0 Å². The first-order valence-electron chi connectivity index (χ1n) is 4.95. The molecule has 0 amide bonds. The summed E-state index contributed by atoms with van der Waals surface area (Å²) in [6.45, 7) is 2.91. The molecule has 1 fully saturated rings. The van der Waals surface area contributed by atoms with Crippen LogP contribution >= 0.6 is 0 Å². The van der Waals surface area contributed by atoms with E-state index in [-0.39, 0.29) is 5.69 Å². The zero-order valence-corrected chi connectivity index (χ0v) is 8.63. The summed E-state index contributed by atoms with van der Waals surface area (Å²) in [6, 6.07) is 3.02. The van der Waals surface area contributed by atoms with E-state index < -0.39 is 4.92 Å². The quantitative estimate of drug-likeness (QED) is 0.599. The van der Waals surface area contributed by atoms with Gasteiger partial charge in [0.15, 0.2) is 0 Å². The molecule has 0 unspecified atom stereocenters. The van der Waals surface area contributed by atoms with Crippen molar-refractivity contribution in [2.45, 2.75) is 0 Å². The Morgan fingerprint density at radius 2 is 2.19 bits per heavy atom. The molecule has 1 saturated heterocycles. The number of ether oxygens (including phenoxy) is 1. The van der Waals surface area contributed by atoms with Crippen molar-refractivity contribution in [1.29, 1.82) is 0 Å². The molecule has 0 aliphatic carbocycles. The first-order valence-corrected chi connectivity index (χ1v) is 4.95. The Morgan fingerprint density at radius 3 is 2.75 bits per heavy atom. The number of hydrogen-bond acceptors (Lipinski definition) is 6. The fourth-order valence-electron chi connectivity index (χ4n) is 1.40. The zero-order valence-electron chi connectivity index (χ0n) is 8.63. The van der Waals surface area contributed by atoms with E-state index in [9.17, 15) is 10.1 Å². The van der Waals surface area contributed by atoms with Crippen molar-refractivity contribution >= 4 is 11.5 Å². The first kappa shape index (κ1) is 10.8. The molecule has 2 rings (SSSR count). The maximum Gasteiger partial charge on any atom is 0.287 e. The fraction of sp³-hybridized carbons (Fsp3) is 0.444. The molecule has 7 nitrogen and oxygen atoms in total. The highest BCUT2D eigenvalue weighted by atomic mass is 16.6. The summed E-state index contributed by atoms with van der Waals surface area (Å²) in [5.41, 5.74) is 3.06. The number of hydrazine groups is 1. The number of anilines is 1. The molecule has 2 heterocycles. The summed E-state index contributed by atoms with van der Waals surface area (Å²) in [4.78, 5) is 13.9. The second kappa shape index (κ2) is 4.86. The van der Waals surface area contributed by atoms with Crippen LogP contribution in [-0.4, -0.2) is 41.2 Å². The second-order valence-corrected chi connectivity index (χ2v) is 3.37. The zero-order chi connectivity index (χ0) is 11.4. The van der Waals surface area contributed by atoms with Crippen LogP contribution in [0.5, 0.6) is 0 Å². The molecule has 1 aromatic heterocycles. The van der Waals surface area contributed by atoms with E-state index in [2.05, 4.69) is 10.4 Å². The number of nitrogens with one attached hydrogen (secondary N) is 1. The van der Waals surface area contributed by atoms with Crippen molar-refractivity contribution in [2.75, 3.05) is 31.7 Å². The van der Waals surface area contributed by atoms with Crippen molar-refractivity contribution in [2.24, 2.45) is 0 Å². The third-order valence-corrected chi connectivity index (χ3v) is 2.24. The Labute approximate surface area is 92.2 Å². The molecule has 1 aliphatic heterocycles. The van der Waals surface area contributed by atoms with Gasteiger partial charge in [-0.1, -0.05) is 0 Å². The van der Waals surface area contributed by atoms with E-state index in [1.165, 1.54) is 12.3 Å². The number of nitrogens with zero attached hydrogens (tertiary/aromatic N) is 3. The Morgan fingerprint density at radius 1 is 1.44 bits per heavy atom. The van der Waals surface area contributed by atoms with Crippen LogP contribution in [0.3, 0.4) is 0 Å². The normalized spacial score (nSPS) is 17.0. The molecule has 1 aliphatic rings. The summed E-state index contributed by atoms with van der Waals surface area (Å²) in [7, 11) is 0. The van der Waals surface area contributed by atoms with Crippen LogP contribution < -0.4 is 5.43 Å². The smallest absolute Gasteiger partial charge is 0.287 e. The van der Waals surface area contributed by atoms with E-state index in [1.54, 1.807) is 6.07 Å². The van der Waals surface area contributed by atoms with Gasteiger partial charge in [-0.15, -0.1) is 0 Å². The summed E-state index contributed by atoms with van der Waals surface area (Å²) in [5, 5.41) is 12.4. The van der Waals surface area contributed by atoms with Gasteiger partial charge in [0.05, 0.1) is 18.1 Å². The lowest BCUT2D eigenvalue weighted by molar-refractivity contribution is -0.385.